The number of non-ortho nitro benzene ring substituents is 1. The van der Waals surface area contributed by atoms with Crippen LogP contribution in [0.2, 0.25) is 0 Å². The van der Waals surface area contributed by atoms with E-state index < -0.39 is 6.09 Å². The minimum atomic E-state index is -0.447. The molecule has 0 bridgehead atoms. The van der Waals surface area contributed by atoms with E-state index in [9.17, 15) is 14.9 Å². The van der Waals surface area contributed by atoms with Crippen molar-refractivity contribution in [3.63, 3.8) is 0 Å². The van der Waals surface area contributed by atoms with Crippen LogP contribution in [0.1, 0.15) is 24.0 Å². The molecule has 0 radical (unpaired) electrons. The van der Waals surface area contributed by atoms with Gasteiger partial charge in [-0.3, -0.25) is 10.1 Å². The summed E-state index contributed by atoms with van der Waals surface area (Å²) < 4.78 is 5.21. The van der Waals surface area contributed by atoms with Gasteiger partial charge in [0.2, 0.25) is 0 Å². The zero-order valence-electron chi connectivity index (χ0n) is 15.1. The molecule has 0 fully saturated rings. The number of carbonyl (C=O) groups is 1. The standard InChI is InChI=1S/C20H23N3O4/c24-20(27-15-16-6-2-1-3-7-16)21-11-13-22-12-5-4-8-17-14-18(23(25)26)9-10-19(17)22/h1-3,6-7,9-10,14H,4-5,8,11-13,15H2,(H,21,24). The molecule has 1 aliphatic rings. The second-order valence-electron chi connectivity index (χ2n) is 6.50. The molecule has 0 saturated heterocycles. The zero-order chi connectivity index (χ0) is 19.1. The van der Waals surface area contributed by atoms with Crippen LogP contribution in [0, 0.1) is 10.1 Å². The highest BCUT2D eigenvalue weighted by molar-refractivity contribution is 5.67. The Balaban J connectivity index is 1.52. The summed E-state index contributed by atoms with van der Waals surface area (Å²) in [6.45, 7) is 2.18. The normalized spacial score (nSPS) is 13.4. The molecule has 1 N–H and O–H groups in total. The van der Waals surface area contributed by atoms with Crippen LogP contribution in [0.25, 0.3) is 0 Å². The number of alkyl carbamates (subject to hydrolysis) is 1. The number of aryl methyl sites for hydroxylation is 1. The minimum absolute atomic E-state index is 0.123. The highest BCUT2D eigenvalue weighted by Crippen LogP contribution is 2.29. The van der Waals surface area contributed by atoms with Crippen molar-refractivity contribution in [2.24, 2.45) is 0 Å². The quantitative estimate of drug-likeness (QED) is 0.620. The van der Waals surface area contributed by atoms with E-state index in [2.05, 4.69) is 10.2 Å². The number of rotatable bonds is 6. The maximum absolute atomic E-state index is 11.9. The fraction of sp³-hybridized carbons (Fsp3) is 0.350. The van der Waals surface area contributed by atoms with E-state index in [-0.39, 0.29) is 17.2 Å². The van der Waals surface area contributed by atoms with Gasteiger partial charge in [-0.2, -0.15) is 0 Å². The number of fused-ring (bicyclic) bond motifs is 1. The summed E-state index contributed by atoms with van der Waals surface area (Å²) in [5.41, 5.74) is 3.07. The Hall–Kier alpha value is -3.09. The smallest absolute Gasteiger partial charge is 0.407 e. The van der Waals surface area contributed by atoms with Gasteiger partial charge in [0.15, 0.2) is 0 Å². The van der Waals surface area contributed by atoms with E-state index in [1.54, 1.807) is 12.1 Å². The van der Waals surface area contributed by atoms with Gasteiger partial charge >= 0.3 is 6.09 Å². The molecule has 3 rings (SSSR count). The lowest BCUT2D eigenvalue weighted by Gasteiger charge is -2.25. The molecule has 142 valence electrons. The zero-order valence-corrected chi connectivity index (χ0v) is 15.1. The van der Waals surface area contributed by atoms with Crippen molar-refractivity contribution in [3.8, 4) is 0 Å². The maximum atomic E-state index is 11.9. The van der Waals surface area contributed by atoms with Crippen molar-refractivity contribution in [2.75, 3.05) is 24.5 Å². The summed E-state index contributed by atoms with van der Waals surface area (Å²) in [4.78, 5) is 24.7. The Morgan fingerprint density at radius 3 is 2.78 bits per heavy atom. The number of hydrogen-bond acceptors (Lipinski definition) is 5. The molecule has 0 aromatic heterocycles. The van der Waals surface area contributed by atoms with E-state index in [1.807, 2.05) is 36.4 Å². The molecule has 2 aromatic rings. The number of ether oxygens (including phenoxy) is 1. The molecule has 0 aliphatic carbocycles. The Kier molecular flexibility index (Phi) is 6.25. The molecule has 1 amide bonds. The Morgan fingerprint density at radius 1 is 1.19 bits per heavy atom. The molecular weight excluding hydrogens is 346 g/mol. The summed E-state index contributed by atoms with van der Waals surface area (Å²) in [5.74, 6) is 0. The first-order chi connectivity index (χ1) is 13.1. The predicted molar refractivity (Wildman–Crippen MR) is 103 cm³/mol. The van der Waals surface area contributed by atoms with Crippen molar-refractivity contribution in [2.45, 2.75) is 25.9 Å². The van der Waals surface area contributed by atoms with Crippen LogP contribution in [0.3, 0.4) is 0 Å². The van der Waals surface area contributed by atoms with Crippen molar-refractivity contribution in [1.29, 1.82) is 0 Å². The molecule has 7 nitrogen and oxygen atoms in total. The number of amides is 1. The number of nitrogens with zero attached hydrogens (tertiary/aromatic N) is 2. The number of nitro groups is 1. The summed E-state index contributed by atoms with van der Waals surface area (Å²) in [6, 6.07) is 14.5. The van der Waals surface area contributed by atoms with Crippen LogP contribution >= 0.6 is 0 Å². The third-order valence-electron chi connectivity index (χ3n) is 4.60. The van der Waals surface area contributed by atoms with Crippen LogP contribution in [0.5, 0.6) is 0 Å². The molecule has 0 spiro atoms. The average molecular weight is 369 g/mol. The van der Waals surface area contributed by atoms with E-state index in [0.717, 1.165) is 42.6 Å². The van der Waals surface area contributed by atoms with E-state index in [0.29, 0.717) is 13.1 Å². The van der Waals surface area contributed by atoms with E-state index in [4.69, 9.17) is 4.74 Å². The first-order valence-corrected chi connectivity index (χ1v) is 9.10. The number of hydrogen-bond donors (Lipinski definition) is 1. The van der Waals surface area contributed by atoms with Gasteiger partial charge in [-0.05, 0) is 36.5 Å². The molecule has 1 aliphatic heterocycles. The van der Waals surface area contributed by atoms with Crippen LogP contribution in [-0.2, 0) is 17.8 Å². The Labute approximate surface area is 158 Å². The number of carbonyl (C=O) groups excluding carboxylic acids is 1. The summed E-state index contributed by atoms with van der Waals surface area (Å²) >= 11 is 0. The van der Waals surface area contributed by atoms with Crippen molar-refractivity contribution in [3.05, 3.63) is 69.8 Å². The lowest BCUT2D eigenvalue weighted by atomic mass is 10.1. The van der Waals surface area contributed by atoms with Crippen molar-refractivity contribution < 1.29 is 14.5 Å². The first-order valence-electron chi connectivity index (χ1n) is 9.10. The van der Waals surface area contributed by atoms with Crippen LogP contribution in [0.15, 0.2) is 48.5 Å². The molecule has 1 heterocycles. The second kappa shape index (κ2) is 9.02. The Bertz CT molecular complexity index is 795. The fourth-order valence-electron chi connectivity index (χ4n) is 3.23. The third kappa shape index (κ3) is 5.20. The molecule has 0 unspecified atom stereocenters. The van der Waals surface area contributed by atoms with Crippen molar-refractivity contribution in [1.82, 2.24) is 5.32 Å². The lowest BCUT2D eigenvalue weighted by molar-refractivity contribution is -0.384. The first kappa shape index (κ1) is 18.7. The second-order valence-corrected chi connectivity index (χ2v) is 6.50. The molecular formula is C20H23N3O4. The van der Waals surface area contributed by atoms with Gasteiger partial charge in [-0.15, -0.1) is 0 Å². The monoisotopic (exact) mass is 369 g/mol. The van der Waals surface area contributed by atoms with Gasteiger partial charge in [0.05, 0.1) is 4.92 Å². The summed E-state index contributed by atoms with van der Waals surface area (Å²) in [6.07, 6.45) is 2.40. The third-order valence-corrected chi connectivity index (χ3v) is 4.60. The molecule has 0 atom stereocenters. The maximum Gasteiger partial charge on any atom is 0.407 e. The summed E-state index contributed by atoms with van der Waals surface area (Å²) in [7, 11) is 0. The van der Waals surface area contributed by atoms with Gasteiger partial charge in [0.1, 0.15) is 6.61 Å². The van der Waals surface area contributed by atoms with Crippen molar-refractivity contribution >= 4 is 17.5 Å². The number of benzene rings is 2. The number of anilines is 1. The van der Waals surface area contributed by atoms with Gasteiger partial charge in [0.25, 0.3) is 5.69 Å². The van der Waals surface area contributed by atoms with Gasteiger partial charge in [-0.25, -0.2) is 4.79 Å². The van der Waals surface area contributed by atoms with Crippen LogP contribution in [-0.4, -0.2) is 30.7 Å². The Morgan fingerprint density at radius 2 is 2.00 bits per heavy atom. The fourth-order valence-corrected chi connectivity index (χ4v) is 3.23. The minimum Gasteiger partial charge on any atom is -0.445 e. The predicted octanol–water partition coefficient (Wildman–Crippen LogP) is 3.66. The number of nitrogens with one attached hydrogen (secondary N) is 1. The molecule has 0 saturated carbocycles. The van der Waals surface area contributed by atoms with Gasteiger partial charge in [0, 0.05) is 37.5 Å². The average Bonchev–Trinajstić information content (AvgIpc) is 2.89. The van der Waals surface area contributed by atoms with Gasteiger partial charge < -0.3 is 15.0 Å². The summed E-state index contributed by atoms with van der Waals surface area (Å²) in [5, 5.41) is 13.8. The lowest BCUT2D eigenvalue weighted by Crippen LogP contribution is -2.35. The topological polar surface area (TPSA) is 84.7 Å². The number of nitro benzene ring substituents is 1. The van der Waals surface area contributed by atoms with Gasteiger partial charge in [-0.1, -0.05) is 30.3 Å². The highest BCUT2D eigenvalue weighted by atomic mass is 16.6. The molecule has 27 heavy (non-hydrogen) atoms. The SMILES string of the molecule is O=C(NCCN1CCCCc2cc([N+](=O)[O-])ccc21)OCc1ccccc1. The molecule has 2 aromatic carbocycles. The van der Waals surface area contributed by atoms with E-state index >= 15 is 0 Å². The van der Waals surface area contributed by atoms with Crippen LogP contribution in [0.4, 0.5) is 16.2 Å². The largest absolute Gasteiger partial charge is 0.445 e. The van der Waals surface area contributed by atoms with E-state index in [1.165, 1.54) is 0 Å². The highest BCUT2D eigenvalue weighted by Gasteiger charge is 2.18. The van der Waals surface area contributed by atoms with Crippen LogP contribution < -0.4 is 10.2 Å². The molecule has 7 heteroatoms.